The lowest BCUT2D eigenvalue weighted by Gasteiger charge is -2.24. The molecule has 0 saturated carbocycles. The van der Waals surface area contributed by atoms with E-state index in [2.05, 4.69) is 10.3 Å². The summed E-state index contributed by atoms with van der Waals surface area (Å²) in [7, 11) is 0. The van der Waals surface area contributed by atoms with Crippen molar-refractivity contribution in [3.63, 3.8) is 0 Å². The van der Waals surface area contributed by atoms with Gasteiger partial charge in [0.25, 0.3) is 0 Å². The van der Waals surface area contributed by atoms with Gasteiger partial charge < -0.3 is 15.0 Å². The number of carbonyl (C=O) groups excluding carboxylic acids is 2. The van der Waals surface area contributed by atoms with Crippen LogP contribution in [0.15, 0.2) is 48.8 Å². The molecule has 0 saturated heterocycles. The van der Waals surface area contributed by atoms with Crippen molar-refractivity contribution in [3.05, 3.63) is 60.0 Å². The fourth-order valence-corrected chi connectivity index (χ4v) is 3.95. The number of fused-ring (bicyclic) bond motifs is 1. The van der Waals surface area contributed by atoms with Crippen LogP contribution in [0.4, 0.5) is 5.13 Å². The molecule has 27 heavy (non-hydrogen) atoms. The number of benzene rings is 1. The van der Waals surface area contributed by atoms with E-state index in [9.17, 15) is 14.4 Å². The molecule has 7 nitrogen and oxygen atoms in total. The van der Waals surface area contributed by atoms with E-state index < -0.39 is 12.0 Å². The number of ketones is 1. The van der Waals surface area contributed by atoms with Gasteiger partial charge in [0.15, 0.2) is 10.9 Å². The zero-order valence-corrected chi connectivity index (χ0v) is 14.9. The Hall–Kier alpha value is -3.26. The summed E-state index contributed by atoms with van der Waals surface area (Å²) in [6.45, 7) is 0. The molecule has 0 bridgehead atoms. The normalized spacial score (nSPS) is 16.0. The van der Waals surface area contributed by atoms with Gasteiger partial charge in [-0.3, -0.25) is 9.59 Å². The summed E-state index contributed by atoms with van der Waals surface area (Å²) in [5.74, 6) is -1.14. The van der Waals surface area contributed by atoms with Gasteiger partial charge in [-0.25, -0.2) is 9.78 Å². The van der Waals surface area contributed by atoms with Gasteiger partial charge in [0, 0.05) is 18.8 Å². The summed E-state index contributed by atoms with van der Waals surface area (Å²) < 4.78 is 1.71. The smallest absolute Gasteiger partial charge is 0.335 e. The van der Waals surface area contributed by atoms with Crippen LogP contribution in [-0.4, -0.2) is 32.3 Å². The van der Waals surface area contributed by atoms with Crippen molar-refractivity contribution in [3.8, 4) is 10.4 Å². The molecule has 1 aliphatic rings. The molecule has 3 heterocycles. The number of carbonyl (C=O) groups is 3. The molecule has 2 N–H and O–H groups in total. The van der Waals surface area contributed by atoms with Crippen LogP contribution in [0.5, 0.6) is 0 Å². The van der Waals surface area contributed by atoms with Gasteiger partial charge in [-0.05, 0) is 36.2 Å². The number of hydrogen-bond acceptors (Lipinski definition) is 5. The van der Waals surface area contributed by atoms with Crippen LogP contribution < -0.4 is 5.32 Å². The van der Waals surface area contributed by atoms with E-state index in [0.717, 1.165) is 10.4 Å². The highest BCUT2D eigenvalue weighted by Crippen LogP contribution is 2.31. The maximum absolute atomic E-state index is 12.7. The van der Waals surface area contributed by atoms with E-state index in [-0.39, 0.29) is 17.3 Å². The fraction of sp³-hybridized carbons (Fsp3) is 0.158. The second kappa shape index (κ2) is 6.81. The van der Waals surface area contributed by atoms with Gasteiger partial charge in [0.2, 0.25) is 5.91 Å². The lowest BCUT2D eigenvalue weighted by molar-refractivity contribution is -0.119. The third kappa shape index (κ3) is 3.26. The Morgan fingerprint density at radius 2 is 2.00 bits per heavy atom. The van der Waals surface area contributed by atoms with Crippen LogP contribution in [0, 0.1) is 0 Å². The highest BCUT2D eigenvalue weighted by Gasteiger charge is 2.29. The Morgan fingerprint density at radius 3 is 2.74 bits per heavy atom. The standard InChI is InChI=1S/C19H15N3O4S/c23-15-8-7-14(22-9-1-2-13(15)22)17(24)21-19-20-10-16(27-19)11-3-5-12(6-4-11)18(25)26/h1-6,9-10,14H,7-8H2,(H,25,26)(H,20,21,24). The average Bonchev–Trinajstić information content (AvgIpc) is 3.32. The second-order valence-corrected chi connectivity index (χ2v) is 7.21. The number of thiazole rings is 1. The number of amides is 1. The summed E-state index contributed by atoms with van der Waals surface area (Å²) in [5, 5.41) is 12.2. The van der Waals surface area contributed by atoms with E-state index in [1.54, 1.807) is 41.2 Å². The monoisotopic (exact) mass is 381 g/mol. The number of nitrogens with zero attached hydrogens (tertiary/aromatic N) is 2. The minimum Gasteiger partial charge on any atom is -0.478 e. The third-order valence-corrected chi connectivity index (χ3v) is 5.46. The molecule has 1 aliphatic heterocycles. The first-order chi connectivity index (χ1) is 13.0. The summed E-state index contributed by atoms with van der Waals surface area (Å²) in [4.78, 5) is 40.6. The van der Waals surface area contributed by atoms with Crippen LogP contribution in [0.2, 0.25) is 0 Å². The van der Waals surface area contributed by atoms with Crippen molar-refractivity contribution in [2.75, 3.05) is 5.32 Å². The lowest BCUT2D eigenvalue weighted by Crippen LogP contribution is -2.31. The first kappa shape index (κ1) is 17.2. The summed E-state index contributed by atoms with van der Waals surface area (Å²) in [6, 6.07) is 9.54. The number of aromatic nitrogens is 2. The molecule has 0 fully saturated rings. The molecule has 3 aromatic rings. The molecule has 0 radical (unpaired) electrons. The predicted octanol–water partition coefficient (Wildman–Crippen LogP) is 3.47. The molecule has 1 atom stereocenters. The first-order valence-corrected chi connectivity index (χ1v) is 9.15. The molecule has 1 unspecified atom stereocenters. The Bertz CT molecular complexity index is 1040. The van der Waals surface area contributed by atoms with Gasteiger partial charge >= 0.3 is 5.97 Å². The summed E-state index contributed by atoms with van der Waals surface area (Å²) in [5.41, 5.74) is 1.60. The highest BCUT2D eigenvalue weighted by atomic mass is 32.1. The molecule has 0 aliphatic carbocycles. The molecule has 2 aromatic heterocycles. The molecule has 8 heteroatoms. The summed E-state index contributed by atoms with van der Waals surface area (Å²) >= 11 is 1.31. The molecular formula is C19H15N3O4S. The number of carboxylic acid groups (broad SMARTS) is 1. The Balaban J connectivity index is 1.50. The Labute approximate surface area is 158 Å². The van der Waals surface area contributed by atoms with Crippen molar-refractivity contribution in [1.29, 1.82) is 0 Å². The topological polar surface area (TPSA) is 101 Å². The van der Waals surface area contributed by atoms with E-state index >= 15 is 0 Å². The van der Waals surface area contributed by atoms with Gasteiger partial charge in [0.05, 0.1) is 16.1 Å². The molecule has 1 aromatic carbocycles. The van der Waals surface area contributed by atoms with Crippen molar-refractivity contribution in [2.24, 2.45) is 0 Å². The number of aromatic carboxylic acids is 1. The Morgan fingerprint density at radius 1 is 1.22 bits per heavy atom. The zero-order valence-electron chi connectivity index (χ0n) is 14.1. The van der Waals surface area contributed by atoms with E-state index in [1.807, 2.05) is 0 Å². The number of rotatable bonds is 4. The average molecular weight is 381 g/mol. The lowest BCUT2D eigenvalue weighted by atomic mass is 10.0. The van der Waals surface area contributed by atoms with Crippen LogP contribution in [0.3, 0.4) is 0 Å². The minimum atomic E-state index is -0.978. The van der Waals surface area contributed by atoms with Crippen LogP contribution in [0.25, 0.3) is 10.4 Å². The van der Waals surface area contributed by atoms with Crippen molar-refractivity contribution < 1.29 is 19.5 Å². The second-order valence-electron chi connectivity index (χ2n) is 6.18. The van der Waals surface area contributed by atoms with E-state index in [1.165, 1.54) is 23.5 Å². The predicted molar refractivity (Wildman–Crippen MR) is 100 cm³/mol. The van der Waals surface area contributed by atoms with Crippen molar-refractivity contribution in [1.82, 2.24) is 9.55 Å². The van der Waals surface area contributed by atoms with Crippen LogP contribution in [0.1, 0.15) is 39.7 Å². The number of anilines is 1. The minimum absolute atomic E-state index is 0.0467. The molecule has 136 valence electrons. The maximum atomic E-state index is 12.7. The number of carboxylic acids is 1. The van der Waals surface area contributed by atoms with E-state index in [4.69, 9.17) is 5.11 Å². The van der Waals surface area contributed by atoms with E-state index in [0.29, 0.717) is 23.7 Å². The molecule has 0 spiro atoms. The van der Waals surface area contributed by atoms with Crippen LogP contribution in [-0.2, 0) is 4.79 Å². The number of Topliss-reactive ketones (excluding diaryl/α,β-unsaturated/α-hetero) is 1. The number of hydrogen-bond donors (Lipinski definition) is 2. The summed E-state index contributed by atoms with van der Waals surface area (Å²) in [6.07, 6.45) is 4.19. The quantitative estimate of drug-likeness (QED) is 0.721. The van der Waals surface area contributed by atoms with Gasteiger partial charge in [-0.2, -0.15) is 0 Å². The van der Waals surface area contributed by atoms with Crippen molar-refractivity contribution >= 4 is 34.1 Å². The van der Waals surface area contributed by atoms with Gasteiger partial charge in [-0.1, -0.05) is 23.5 Å². The largest absolute Gasteiger partial charge is 0.478 e. The Kier molecular flexibility index (Phi) is 4.33. The zero-order chi connectivity index (χ0) is 19.0. The maximum Gasteiger partial charge on any atom is 0.335 e. The molecule has 1 amide bonds. The first-order valence-electron chi connectivity index (χ1n) is 8.33. The third-order valence-electron chi connectivity index (χ3n) is 4.50. The SMILES string of the molecule is O=C(O)c1ccc(-c2cnc(NC(=O)C3CCC(=O)c4cccn43)s2)cc1. The highest BCUT2D eigenvalue weighted by molar-refractivity contribution is 7.19. The van der Waals surface area contributed by atoms with Gasteiger partial charge in [-0.15, -0.1) is 0 Å². The molecule has 4 rings (SSSR count). The van der Waals surface area contributed by atoms with Crippen molar-refractivity contribution in [2.45, 2.75) is 18.9 Å². The van der Waals surface area contributed by atoms with Crippen LogP contribution >= 0.6 is 11.3 Å². The molecular weight excluding hydrogens is 366 g/mol. The van der Waals surface area contributed by atoms with Gasteiger partial charge in [0.1, 0.15) is 6.04 Å². The number of nitrogens with one attached hydrogen (secondary N) is 1. The fourth-order valence-electron chi connectivity index (χ4n) is 3.13.